The van der Waals surface area contributed by atoms with E-state index in [2.05, 4.69) is 4.72 Å². The Bertz CT molecular complexity index is 757. The Kier molecular flexibility index (Phi) is 4.07. The maximum Gasteiger partial charge on any atom is 0.243 e. The molecule has 1 saturated carbocycles. The molecule has 0 spiro atoms. The van der Waals surface area contributed by atoms with Crippen LogP contribution >= 0.6 is 11.3 Å². The molecule has 1 fully saturated rings. The smallest absolute Gasteiger partial charge is 0.243 e. The Balaban J connectivity index is 1.83. The normalized spacial score (nSPS) is 18.1. The van der Waals surface area contributed by atoms with Crippen molar-refractivity contribution in [1.82, 2.24) is 4.72 Å². The molecule has 0 bridgehead atoms. The topological polar surface area (TPSA) is 66.4 Å². The zero-order chi connectivity index (χ0) is 15.8. The summed E-state index contributed by atoms with van der Waals surface area (Å²) in [5.74, 6) is -0.768. The molecule has 0 amide bonds. The molecule has 1 aromatic carbocycles. The highest BCUT2D eigenvalue weighted by Gasteiger charge is 2.46. The fraction of sp³-hybridized carbons (Fsp3) is 0.333. The summed E-state index contributed by atoms with van der Waals surface area (Å²) in [6, 6.07) is 8.81. The highest BCUT2D eigenvalue weighted by molar-refractivity contribution is 7.89. The molecule has 22 heavy (non-hydrogen) atoms. The lowest BCUT2D eigenvalue weighted by Crippen LogP contribution is -2.42. The zero-order valence-corrected chi connectivity index (χ0v) is 13.3. The number of thiophene rings is 1. The van der Waals surface area contributed by atoms with E-state index in [1.54, 1.807) is 6.07 Å². The van der Waals surface area contributed by atoms with Crippen LogP contribution in [0.1, 0.15) is 17.7 Å². The van der Waals surface area contributed by atoms with Crippen LogP contribution in [0.25, 0.3) is 0 Å². The monoisotopic (exact) mass is 341 g/mol. The van der Waals surface area contributed by atoms with Gasteiger partial charge in [-0.2, -0.15) is 0 Å². The van der Waals surface area contributed by atoms with E-state index < -0.39 is 26.3 Å². The second-order valence-electron chi connectivity index (χ2n) is 5.43. The third kappa shape index (κ3) is 2.94. The van der Waals surface area contributed by atoms with Crippen molar-refractivity contribution in [2.24, 2.45) is 5.92 Å². The second kappa shape index (κ2) is 5.73. The number of hydrogen-bond donors (Lipinski definition) is 2. The molecule has 7 heteroatoms. The van der Waals surface area contributed by atoms with E-state index in [9.17, 15) is 17.9 Å². The molecule has 1 aliphatic carbocycles. The summed E-state index contributed by atoms with van der Waals surface area (Å²) < 4.78 is 40.5. The molecule has 1 aliphatic rings. The fourth-order valence-corrected chi connectivity index (χ4v) is 4.52. The number of nitrogens with one attached hydrogen (secondary N) is 1. The average molecular weight is 341 g/mol. The van der Waals surface area contributed by atoms with E-state index in [0.29, 0.717) is 0 Å². The van der Waals surface area contributed by atoms with Crippen molar-refractivity contribution in [2.75, 3.05) is 6.54 Å². The maximum atomic E-state index is 13.7. The van der Waals surface area contributed by atoms with Crippen LogP contribution < -0.4 is 4.72 Å². The molecule has 3 rings (SSSR count). The van der Waals surface area contributed by atoms with Gasteiger partial charge in [-0.3, -0.25) is 0 Å². The fourth-order valence-electron chi connectivity index (χ4n) is 2.46. The first-order valence-corrected chi connectivity index (χ1v) is 9.30. The first-order chi connectivity index (χ1) is 10.4. The van der Waals surface area contributed by atoms with Gasteiger partial charge in [-0.05, 0) is 42.3 Å². The Hall–Kier alpha value is -1.28. The maximum absolute atomic E-state index is 13.7. The quantitative estimate of drug-likeness (QED) is 0.848. The van der Waals surface area contributed by atoms with E-state index in [4.69, 9.17) is 0 Å². The number of rotatable bonds is 6. The van der Waals surface area contributed by atoms with Crippen molar-refractivity contribution in [3.05, 3.63) is 52.5 Å². The Morgan fingerprint density at radius 2 is 2.00 bits per heavy atom. The average Bonchev–Trinajstić information content (AvgIpc) is 3.20. The highest BCUT2D eigenvalue weighted by atomic mass is 32.2. The zero-order valence-electron chi connectivity index (χ0n) is 11.7. The molecule has 2 aromatic rings. The summed E-state index contributed by atoms with van der Waals surface area (Å²) in [6.45, 7) is -0.158. The molecule has 2 N–H and O–H groups in total. The molecule has 0 unspecified atom stereocenters. The summed E-state index contributed by atoms with van der Waals surface area (Å²) in [5.41, 5.74) is -1.23. The van der Waals surface area contributed by atoms with Crippen molar-refractivity contribution in [1.29, 1.82) is 0 Å². The van der Waals surface area contributed by atoms with Crippen LogP contribution in [0.2, 0.25) is 0 Å². The molecular formula is C15H16FNO3S2. The summed E-state index contributed by atoms with van der Waals surface area (Å²) in [5, 5.41) is 12.7. The molecule has 1 aromatic heterocycles. The first kappa shape index (κ1) is 15.6. The SMILES string of the molecule is O=S(=O)(NC[C@](O)(c1cccs1)C1CC1)c1ccccc1F. The van der Waals surface area contributed by atoms with E-state index in [0.717, 1.165) is 23.8 Å². The third-order valence-electron chi connectivity index (χ3n) is 3.86. The van der Waals surface area contributed by atoms with E-state index in [1.165, 1.54) is 29.5 Å². The summed E-state index contributed by atoms with van der Waals surface area (Å²) >= 11 is 1.39. The molecule has 1 atom stereocenters. The van der Waals surface area contributed by atoms with Gasteiger partial charge in [-0.25, -0.2) is 17.5 Å². The summed E-state index contributed by atoms with van der Waals surface area (Å²) in [6.07, 6.45) is 1.71. The van der Waals surface area contributed by atoms with Gasteiger partial charge in [0.15, 0.2) is 0 Å². The van der Waals surface area contributed by atoms with Crippen LogP contribution in [0, 0.1) is 11.7 Å². The van der Waals surface area contributed by atoms with Gasteiger partial charge in [0.05, 0.1) is 0 Å². The number of aliphatic hydroxyl groups is 1. The Morgan fingerprint density at radius 3 is 2.59 bits per heavy atom. The molecule has 0 aliphatic heterocycles. The Morgan fingerprint density at radius 1 is 1.27 bits per heavy atom. The van der Waals surface area contributed by atoms with Crippen LogP contribution in [-0.4, -0.2) is 20.1 Å². The lowest BCUT2D eigenvalue weighted by Gasteiger charge is -2.27. The molecule has 118 valence electrons. The van der Waals surface area contributed by atoms with Crippen LogP contribution in [0.3, 0.4) is 0 Å². The van der Waals surface area contributed by atoms with Gasteiger partial charge in [0.25, 0.3) is 0 Å². The van der Waals surface area contributed by atoms with E-state index in [-0.39, 0.29) is 12.5 Å². The molecule has 0 saturated heterocycles. The minimum absolute atomic E-state index is 0.0365. The van der Waals surface area contributed by atoms with Gasteiger partial charge in [-0.1, -0.05) is 18.2 Å². The van der Waals surface area contributed by atoms with Crippen LogP contribution in [-0.2, 0) is 15.6 Å². The van der Waals surface area contributed by atoms with Crippen molar-refractivity contribution in [3.63, 3.8) is 0 Å². The minimum atomic E-state index is -4.00. The van der Waals surface area contributed by atoms with Crippen molar-refractivity contribution < 1.29 is 17.9 Å². The second-order valence-corrected chi connectivity index (χ2v) is 8.11. The predicted octanol–water partition coefficient (Wildman–Crippen LogP) is 2.46. The van der Waals surface area contributed by atoms with Crippen molar-refractivity contribution in [2.45, 2.75) is 23.3 Å². The van der Waals surface area contributed by atoms with Gasteiger partial charge < -0.3 is 5.11 Å². The van der Waals surface area contributed by atoms with E-state index >= 15 is 0 Å². The largest absolute Gasteiger partial charge is 0.383 e. The van der Waals surface area contributed by atoms with Crippen molar-refractivity contribution >= 4 is 21.4 Å². The van der Waals surface area contributed by atoms with Gasteiger partial charge in [0, 0.05) is 11.4 Å². The minimum Gasteiger partial charge on any atom is -0.383 e. The van der Waals surface area contributed by atoms with Gasteiger partial charge in [0.2, 0.25) is 10.0 Å². The predicted molar refractivity (Wildman–Crippen MR) is 82.5 cm³/mol. The number of halogens is 1. The Labute approximate surface area is 132 Å². The van der Waals surface area contributed by atoms with Crippen LogP contribution in [0.15, 0.2) is 46.7 Å². The molecular weight excluding hydrogens is 325 g/mol. The van der Waals surface area contributed by atoms with Gasteiger partial charge in [0.1, 0.15) is 16.3 Å². The van der Waals surface area contributed by atoms with Crippen LogP contribution in [0.5, 0.6) is 0 Å². The summed E-state index contributed by atoms with van der Waals surface area (Å²) in [4.78, 5) is 0.325. The van der Waals surface area contributed by atoms with Crippen LogP contribution in [0.4, 0.5) is 4.39 Å². The number of benzene rings is 1. The summed E-state index contributed by atoms with van der Waals surface area (Å²) in [7, 11) is -4.00. The van der Waals surface area contributed by atoms with Gasteiger partial charge in [-0.15, -0.1) is 11.3 Å². The number of sulfonamides is 1. The first-order valence-electron chi connectivity index (χ1n) is 6.94. The molecule has 4 nitrogen and oxygen atoms in total. The van der Waals surface area contributed by atoms with Gasteiger partial charge >= 0.3 is 0 Å². The molecule has 0 radical (unpaired) electrons. The highest BCUT2D eigenvalue weighted by Crippen LogP contribution is 2.46. The lowest BCUT2D eigenvalue weighted by molar-refractivity contribution is 0.0222. The third-order valence-corrected chi connectivity index (χ3v) is 6.33. The number of hydrogen-bond acceptors (Lipinski definition) is 4. The van der Waals surface area contributed by atoms with E-state index in [1.807, 2.05) is 11.4 Å². The standard InChI is InChI=1S/C15H16FNO3S2/c16-12-4-1-2-5-13(12)22(19,20)17-10-15(18,11-7-8-11)14-6-3-9-21-14/h1-6,9,11,17-18H,7-8,10H2/t15-/m1/s1. The van der Waals surface area contributed by atoms with Crippen molar-refractivity contribution in [3.8, 4) is 0 Å². The lowest BCUT2D eigenvalue weighted by atomic mass is 9.96. The molecule has 1 heterocycles.